The summed E-state index contributed by atoms with van der Waals surface area (Å²) in [6, 6.07) is 6.70. The standard InChI is InChI=1S/C17H13F2NO3/c1-9(21)11-3-6-16(20-10(2)22)14(7-11)17(23)13-5-4-12(18)8-15(13)19/h3-8H,1-2H3,(H,20,22). The summed E-state index contributed by atoms with van der Waals surface area (Å²) in [7, 11) is 0. The lowest BCUT2D eigenvalue weighted by Crippen LogP contribution is -2.13. The highest BCUT2D eigenvalue weighted by Crippen LogP contribution is 2.23. The van der Waals surface area contributed by atoms with Crippen LogP contribution in [-0.4, -0.2) is 17.5 Å². The van der Waals surface area contributed by atoms with E-state index in [0.717, 1.165) is 12.1 Å². The molecule has 0 aliphatic carbocycles. The second-order valence-corrected chi connectivity index (χ2v) is 4.95. The third kappa shape index (κ3) is 3.66. The van der Waals surface area contributed by atoms with Gasteiger partial charge in [-0.25, -0.2) is 8.78 Å². The number of hydrogen-bond acceptors (Lipinski definition) is 3. The van der Waals surface area contributed by atoms with E-state index >= 15 is 0 Å². The molecule has 23 heavy (non-hydrogen) atoms. The molecule has 0 aliphatic heterocycles. The summed E-state index contributed by atoms with van der Waals surface area (Å²) in [5, 5.41) is 2.45. The maximum absolute atomic E-state index is 13.8. The predicted molar refractivity (Wildman–Crippen MR) is 80.5 cm³/mol. The Morgan fingerprint density at radius 1 is 0.913 bits per heavy atom. The Balaban J connectivity index is 2.58. The zero-order chi connectivity index (χ0) is 17.1. The first-order valence-electron chi connectivity index (χ1n) is 6.72. The lowest BCUT2D eigenvalue weighted by atomic mass is 9.97. The van der Waals surface area contributed by atoms with Crippen LogP contribution < -0.4 is 5.32 Å². The van der Waals surface area contributed by atoms with Crippen LogP contribution in [0.5, 0.6) is 0 Å². The van der Waals surface area contributed by atoms with E-state index in [2.05, 4.69) is 5.32 Å². The molecule has 0 spiro atoms. The van der Waals surface area contributed by atoms with Gasteiger partial charge in [0, 0.05) is 24.1 Å². The minimum atomic E-state index is -1.02. The number of Topliss-reactive ketones (excluding diaryl/α,β-unsaturated/α-hetero) is 1. The number of rotatable bonds is 4. The summed E-state index contributed by atoms with van der Waals surface area (Å²) < 4.78 is 26.8. The van der Waals surface area contributed by atoms with Crippen molar-refractivity contribution in [2.24, 2.45) is 0 Å². The van der Waals surface area contributed by atoms with E-state index in [-0.39, 0.29) is 28.2 Å². The largest absolute Gasteiger partial charge is 0.326 e. The maximum atomic E-state index is 13.8. The van der Waals surface area contributed by atoms with Gasteiger partial charge in [0.05, 0.1) is 11.3 Å². The van der Waals surface area contributed by atoms with Crippen molar-refractivity contribution in [3.63, 3.8) is 0 Å². The first-order valence-corrected chi connectivity index (χ1v) is 6.72. The molecule has 2 aromatic rings. The number of benzene rings is 2. The topological polar surface area (TPSA) is 63.2 Å². The summed E-state index contributed by atoms with van der Waals surface area (Å²) in [6.07, 6.45) is 0. The molecule has 0 atom stereocenters. The van der Waals surface area contributed by atoms with Gasteiger partial charge in [0.2, 0.25) is 5.91 Å². The second-order valence-electron chi connectivity index (χ2n) is 4.95. The Hall–Kier alpha value is -2.89. The molecule has 0 saturated heterocycles. The highest BCUT2D eigenvalue weighted by molar-refractivity contribution is 6.15. The molecular formula is C17H13F2NO3. The molecule has 4 nitrogen and oxygen atoms in total. The lowest BCUT2D eigenvalue weighted by molar-refractivity contribution is -0.114. The molecule has 0 bridgehead atoms. The van der Waals surface area contributed by atoms with Gasteiger partial charge in [0.25, 0.3) is 0 Å². The fourth-order valence-electron chi connectivity index (χ4n) is 2.07. The molecule has 1 amide bonds. The van der Waals surface area contributed by atoms with E-state index in [1.807, 2.05) is 0 Å². The summed E-state index contributed by atoms with van der Waals surface area (Å²) in [6.45, 7) is 2.58. The van der Waals surface area contributed by atoms with Crippen LogP contribution in [0.4, 0.5) is 14.5 Å². The molecule has 0 aliphatic rings. The molecular weight excluding hydrogens is 304 g/mol. The Labute approximate surface area is 131 Å². The van der Waals surface area contributed by atoms with Crippen LogP contribution in [0.3, 0.4) is 0 Å². The Bertz CT molecular complexity index is 815. The first kappa shape index (κ1) is 16.5. The minimum Gasteiger partial charge on any atom is -0.326 e. The monoisotopic (exact) mass is 317 g/mol. The van der Waals surface area contributed by atoms with Gasteiger partial charge in [-0.2, -0.15) is 0 Å². The number of hydrogen-bond donors (Lipinski definition) is 1. The van der Waals surface area contributed by atoms with Gasteiger partial charge in [-0.05, 0) is 37.3 Å². The molecule has 0 heterocycles. The zero-order valence-corrected chi connectivity index (χ0v) is 12.4. The highest BCUT2D eigenvalue weighted by Gasteiger charge is 2.19. The van der Waals surface area contributed by atoms with E-state index in [4.69, 9.17) is 0 Å². The Morgan fingerprint density at radius 2 is 1.61 bits per heavy atom. The van der Waals surface area contributed by atoms with Gasteiger partial charge < -0.3 is 5.32 Å². The van der Waals surface area contributed by atoms with Crippen LogP contribution in [0.1, 0.15) is 40.1 Å². The van der Waals surface area contributed by atoms with Crippen molar-refractivity contribution in [1.29, 1.82) is 0 Å². The minimum absolute atomic E-state index is 0.0431. The first-order chi connectivity index (χ1) is 10.8. The van der Waals surface area contributed by atoms with E-state index in [0.29, 0.717) is 6.07 Å². The number of carbonyl (C=O) groups excluding carboxylic acids is 3. The molecule has 0 unspecified atom stereocenters. The number of ketones is 2. The summed E-state index contributed by atoms with van der Waals surface area (Å²) >= 11 is 0. The van der Waals surface area contributed by atoms with Crippen LogP contribution >= 0.6 is 0 Å². The van der Waals surface area contributed by atoms with E-state index in [1.54, 1.807) is 0 Å². The van der Waals surface area contributed by atoms with Crippen molar-refractivity contribution in [2.45, 2.75) is 13.8 Å². The number of anilines is 1. The van der Waals surface area contributed by atoms with Gasteiger partial charge >= 0.3 is 0 Å². The van der Waals surface area contributed by atoms with Gasteiger partial charge in [-0.15, -0.1) is 0 Å². The molecule has 6 heteroatoms. The van der Waals surface area contributed by atoms with Gasteiger partial charge in [0.15, 0.2) is 11.6 Å². The fraction of sp³-hybridized carbons (Fsp3) is 0.118. The Morgan fingerprint density at radius 3 is 2.17 bits per heavy atom. The predicted octanol–water partition coefficient (Wildman–Crippen LogP) is 3.36. The van der Waals surface area contributed by atoms with Gasteiger partial charge in [-0.3, -0.25) is 14.4 Å². The van der Waals surface area contributed by atoms with Gasteiger partial charge in [-0.1, -0.05) is 0 Å². The highest BCUT2D eigenvalue weighted by atomic mass is 19.1. The summed E-state index contributed by atoms with van der Waals surface area (Å²) in [5.41, 5.74) is -0.00157. The van der Waals surface area contributed by atoms with E-state index in [1.165, 1.54) is 32.0 Å². The number of amides is 1. The lowest BCUT2D eigenvalue weighted by Gasteiger charge is -2.11. The maximum Gasteiger partial charge on any atom is 0.221 e. The zero-order valence-electron chi connectivity index (χ0n) is 12.4. The molecule has 2 rings (SSSR count). The van der Waals surface area contributed by atoms with Crippen molar-refractivity contribution in [3.05, 3.63) is 64.7 Å². The number of carbonyl (C=O) groups is 3. The molecule has 2 aromatic carbocycles. The Kier molecular flexibility index (Phi) is 4.64. The third-order valence-electron chi connectivity index (χ3n) is 3.16. The molecule has 118 valence electrons. The second kappa shape index (κ2) is 6.48. The third-order valence-corrected chi connectivity index (χ3v) is 3.16. The average molecular weight is 317 g/mol. The quantitative estimate of drug-likeness (QED) is 0.880. The molecule has 1 N–H and O–H groups in total. The molecule has 0 aromatic heterocycles. The van der Waals surface area contributed by atoms with Crippen LogP contribution in [0.2, 0.25) is 0 Å². The van der Waals surface area contributed by atoms with Crippen LogP contribution in [0.25, 0.3) is 0 Å². The SMILES string of the molecule is CC(=O)Nc1ccc(C(C)=O)cc1C(=O)c1ccc(F)cc1F. The van der Waals surface area contributed by atoms with E-state index < -0.39 is 23.3 Å². The summed E-state index contributed by atoms with van der Waals surface area (Å²) in [5.74, 6) is -3.29. The van der Waals surface area contributed by atoms with Gasteiger partial charge in [0.1, 0.15) is 11.6 Å². The number of nitrogens with one attached hydrogen (secondary N) is 1. The van der Waals surface area contributed by atoms with E-state index in [9.17, 15) is 23.2 Å². The molecule has 0 radical (unpaired) electrons. The van der Waals surface area contributed by atoms with Crippen molar-refractivity contribution >= 4 is 23.2 Å². The smallest absolute Gasteiger partial charge is 0.221 e. The average Bonchev–Trinajstić information content (AvgIpc) is 2.46. The van der Waals surface area contributed by atoms with Crippen molar-refractivity contribution < 1.29 is 23.2 Å². The van der Waals surface area contributed by atoms with Crippen molar-refractivity contribution in [3.8, 4) is 0 Å². The molecule has 0 fully saturated rings. The van der Waals surface area contributed by atoms with Crippen molar-refractivity contribution in [2.75, 3.05) is 5.32 Å². The van der Waals surface area contributed by atoms with Crippen LogP contribution in [0, 0.1) is 11.6 Å². The molecule has 0 saturated carbocycles. The van der Waals surface area contributed by atoms with Crippen LogP contribution in [-0.2, 0) is 4.79 Å². The summed E-state index contributed by atoms with van der Waals surface area (Å²) in [4.78, 5) is 35.3. The van der Waals surface area contributed by atoms with Crippen molar-refractivity contribution in [1.82, 2.24) is 0 Å². The fourth-order valence-corrected chi connectivity index (χ4v) is 2.07. The number of halogens is 2. The van der Waals surface area contributed by atoms with Crippen LogP contribution in [0.15, 0.2) is 36.4 Å². The normalized spacial score (nSPS) is 10.3.